The number of carbonyl (C=O) groups excluding carboxylic acids is 1. The molecule has 1 aliphatic carbocycles. The number of nitrogens with one attached hydrogen (secondary N) is 1. The fourth-order valence-corrected chi connectivity index (χ4v) is 3.95. The van der Waals surface area contributed by atoms with Crippen LogP contribution in [0, 0.1) is 6.92 Å². The van der Waals surface area contributed by atoms with Crippen LogP contribution in [-0.2, 0) is 14.8 Å². The van der Waals surface area contributed by atoms with Crippen LogP contribution in [0.1, 0.15) is 18.4 Å². The second-order valence-corrected chi connectivity index (χ2v) is 7.61. The van der Waals surface area contributed by atoms with E-state index in [4.69, 9.17) is 9.47 Å². The minimum absolute atomic E-state index is 0.0722. The number of benzene rings is 1. The Balaban J connectivity index is 1.64. The summed E-state index contributed by atoms with van der Waals surface area (Å²) in [5.74, 6) is 0.603. The minimum Gasteiger partial charge on any atom is -0.497 e. The third-order valence-electron chi connectivity index (χ3n) is 4.06. The average Bonchev–Trinajstić information content (AvgIpc) is 3.28. The van der Waals surface area contributed by atoms with Crippen molar-refractivity contribution >= 4 is 16.1 Å². The highest BCUT2D eigenvalue weighted by Gasteiger charge is 2.41. The first-order valence-corrected chi connectivity index (χ1v) is 9.00. The Bertz CT molecular complexity index is 715. The van der Waals surface area contributed by atoms with Crippen molar-refractivity contribution in [1.82, 2.24) is 9.62 Å². The molecule has 1 saturated heterocycles. The summed E-state index contributed by atoms with van der Waals surface area (Å²) < 4.78 is 37.6. The molecular formula is C15H20N2O5S. The van der Waals surface area contributed by atoms with E-state index in [9.17, 15) is 13.2 Å². The monoisotopic (exact) mass is 340 g/mol. The lowest BCUT2D eigenvalue weighted by atomic mass is 10.2. The quantitative estimate of drug-likeness (QED) is 0.843. The van der Waals surface area contributed by atoms with E-state index in [0.29, 0.717) is 17.9 Å². The molecule has 1 heterocycles. The maximum atomic E-state index is 12.4. The van der Waals surface area contributed by atoms with Crippen LogP contribution >= 0.6 is 0 Å². The molecule has 0 bridgehead atoms. The number of cyclic esters (lactones) is 1. The molecule has 2 fully saturated rings. The fourth-order valence-electron chi connectivity index (χ4n) is 2.66. The smallest absolute Gasteiger partial charge is 0.410 e. The number of amides is 1. The normalized spacial score (nSPS) is 21.4. The van der Waals surface area contributed by atoms with E-state index in [1.54, 1.807) is 24.0 Å². The molecule has 3 rings (SSSR count). The Hall–Kier alpha value is -1.80. The summed E-state index contributed by atoms with van der Waals surface area (Å²) in [5, 5.41) is 0. The van der Waals surface area contributed by atoms with Crippen LogP contribution in [0.15, 0.2) is 23.1 Å². The van der Waals surface area contributed by atoms with Crippen molar-refractivity contribution < 1.29 is 22.7 Å². The lowest BCUT2D eigenvalue weighted by Crippen LogP contribution is -2.35. The van der Waals surface area contributed by atoms with Crippen LogP contribution in [-0.4, -0.2) is 51.8 Å². The van der Waals surface area contributed by atoms with Gasteiger partial charge in [-0.3, -0.25) is 0 Å². The zero-order chi connectivity index (χ0) is 16.6. The van der Waals surface area contributed by atoms with Crippen LogP contribution in [0.25, 0.3) is 0 Å². The lowest BCUT2D eigenvalue weighted by molar-refractivity contribution is 0.133. The van der Waals surface area contributed by atoms with Gasteiger partial charge in [0.1, 0.15) is 11.9 Å². The molecule has 23 heavy (non-hydrogen) atoms. The van der Waals surface area contributed by atoms with E-state index in [1.165, 1.54) is 13.2 Å². The summed E-state index contributed by atoms with van der Waals surface area (Å²) in [6.07, 6.45) is 1.20. The molecule has 1 unspecified atom stereocenters. The number of aryl methyl sites for hydroxylation is 1. The molecular weight excluding hydrogens is 320 g/mol. The van der Waals surface area contributed by atoms with Gasteiger partial charge in [-0.15, -0.1) is 0 Å². The standard InChI is InChI=1S/C15H20N2O5S/c1-10-7-12(21-2)5-6-14(10)23(19,20)16-8-13-9-17(11-3-4-11)15(18)22-13/h5-7,11,13,16H,3-4,8-9H2,1-2H3. The first-order valence-electron chi connectivity index (χ1n) is 7.52. The van der Waals surface area contributed by atoms with Crippen molar-refractivity contribution in [3.8, 4) is 5.75 Å². The second-order valence-electron chi connectivity index (χ2n) is 5.87. The molecule has 1 saturated carbocycles. The van der Waals surface area contributed by atoms with Crippen LogP contribution < -0.4 is 9.46 Å². The molecule has 1 aromatic carbocycles. The number of nitrogens with zero attached hydrogens (tertiary/aromatic N) is 1. The van der Waals surface area contributed by atoms with E-state index >= 15 is 0 Å². The topological polar surface area (TPSA) is 84.9 Å². The molecule has 8 heteroatoms. The van der Waals surface area contributed by atoms with Crippen molar-refractivity contribution in [2.45, 2.75) is 36.8 Å². The van der Waals surface area contributed by atoms with Gasteiger partial charge in [0.25, 0.3) is 0 Å². The van der Waals surface area contributed by atoms with Crippen molar-refractivity contribution in [2.75, 3.05) is 20.2 Å². The molecule has 1 N–H and O–H groups in total. The zero-order valence-electron chi connectivity index (χ0n) is 13.1. The number of ether oxygens (including phenoxy) is 2. The molecule has 1 amide bonds. The molecule has 126 valence electrons. The number of sulfonamides is 1. The average molecular weight is 340 g/mol. The number of hydrogen-bond donors (Lipinski definition) is 1. The van der Waals surface area contributed by atoms with Crippen LogP contribution in [0.3, 0.4) is 0 Å². The second kappa shape index (κ2) is 6.01. The van der Waals surface area contributed by atoms with Gasteiger partial charge in [-0.2, -0.15) is 0 Å². The first-order chi connectivity index (χ1) is 10.9. The van der Waals surface area contributed by atoms with Gasteiger partial charge in [-0.1, -0.05) is 0 Å². The van der Waals surface area contributed by atoms with Crippen molar-refractivity contribution in [3.05, 3.63) is 23.8 Å². The Labute approximate surface area is 135 Å². The van der Waals surface area contributed by atoms with Crippen LogP contribution in [0.5, 0.6) is 5.75 Å². The number of hydrogen-bond acceptors (Lipinski definition) is 5. The van der Waals surface area contributed by atoms with Gasteiger partial charge >= 0.3 is 6.09 Å². The molecule has 0 radical (unpaired) electrons. The molecule has 0 aromatic heterocycles. The molecule has 1 aromatic rings. The van der Waals surface area contributed by atoms with Gasteiger partial charge in [-0.05, 0) is 43.5 Å². The highest BCUT2D eigenvalue weighted by molar-refractivity contribution is 7.89. The Kier molecular flexibility index (Phi) is 4.20. The first kappa shape index (κ1) is 16.1. The molecule has 0 spiro atoms. The summed E-state index contributed by atoms with van der Waals surface area (Å²) in [6, 6.07) is 5.05. The van der Waals surface area contributed by atoms with Gasteiger partial charge in [0, 0.05) is 12.6 Å². The molecule has 1 atom stereocenters. The predicted octanol–water partition coefficient (Wildman–Crippen LogP) is 1.27. The maximum Gasteiger partial charge on any atom is 0.410 e. The lowest BCUT2D eigenvalue weighted by Gasteiger charge is -2.13. The SMILES string of the molecule is COc1ccc(S(=O)(=O)NCC2CN(C3CC3)C(=O)O2)c(C)c1. The van der Waals surface area contributed by atoms with Gasteiger partial charge in [0.2, 0.25) is 10.0 Å². The highest BCUT2D eigenvalue weighted by atomic mass is 32.2. The molecule has 2 aliphatic rings. The largest absolute Gasteiger partial charge is 0.497 e. The minimum atomic E-state index is -3.66. The third kappa shape index (κ3) is 3.42. The number of carbonyl (C=O) groups is 1. The van der Waals surface area contributed by atoms with Crippen LogP contribution in [0.2, 0.25) is 0 Å². The van der Waals surface area contributed by atoms with Crippen molar-refractivity contribution in [1.29, 1.82) is 0 Å². The summed E-state index contributed by atoms with van der Waals surface area (Å²) in [5.41, 5.74) is 0.597. The Morgan fingerprint density at radius 3 is 2.74 bits per heavy atom. The summed E-state index contributed by atoms with van der Waals surface area (Å²) in [7, 11) is -2.13. The van der Waals surface area contributed by atoms with E-state index < -0.39 is 16.1 Å². The molecule has 7 nitrogen and oxygen atoms in total. The van der Waals surface area contributed by atoms with E-state index in [0.717, 1.165) is 12.8 Å². The number of rotatable bonds is 6. The van der Waals surface area contributed by atoms with Gasteiger partial charge in [0.05, 0.1) is 18.6 Å². The van der Waals surface area contributed by atoms with E-state index in [2.05, 4.69) is 4.72 Å². The highest BCUT2D eigenvalue weighted by Crippen LogP contribution is 2.30. The number of methoxy groups -OCH3 is 1. The van der Waals surface area contributed by atoms with E-state index in [-0.39, 0.29) is 23.6 Å². The zero-order valence-corrected chi connectivity index (χ0v) is 13.9. The van der Waals surface area contributed by atoms with Gasteiger partial charge < -0.3 is 14.4 Å². The Morgan fingerprint density at radius 2 is 2.13 bits per heavy atom. The summed E-state index contributed by atoms with van der Waals surface area (Å²) >= 11 is 0. The maximum absolute atomic E-state index is 12.4. The van der Waals surface area contributed by atoms with Gasteiger partial charge in [-0.25, -0.2) is 17.9 Å². The fraction of sp³-hybridized carbons (Fsp3) is 0.533. The van der Waals surface area contributed by atoms with Crippen LogP contribution in [0.4, 0.5) is 4.79 Å². The van der Waals surface area contributed by atoms with Crippen molar-refractivity contribution in [3.63, 3.8) is 0 Å². The summed E-state index contributed by atoms with van der Waals surface area (Å²) in [4.78, 5) is 13.6. The predicted molar refractivity (Wildman–Crippen MR) is 82.9 cm³/mol. The Morgan fingerprint density at radius 1 is 1.39 bits per heavy atom. The molecule has 1 aliphatic heterocycles. The van der Waals surface area contributed by atoms with E-state index in [1.807, 2.05) is 0 Å². The van der Waals surface area contributed by atoms with Crippen molar-refractivity contribution in [2.24, 2.45) is 0 Å². The summed E-state index contributed by atoms with van der Waals surface area (Å²) in [6.45, 7) is 2.22. The van der Waals surface area contributed by atoms with Gasteiger partial charge in [0.15, 0.2) is 0 Å². The third-order valence-corrected chi connectivity index (χ3v) is 5.65.